The van der Waals surface area contributed by atoms with Crippen LogP contribution in [0.5, 0.6) is 0 Å². The molecule has 1 N–H and O–H groups in total. The van der Waals surface area contributed by atoms with Crippen LogP contribution in [0.2, 0.25) is 0 Å². The van der Waals surface area contributed by atoms with E-state index in [1.54, 1.807) is 0 Å². The monoisotopic (exact) mass is 289 g/mol. The second-order valence-electron chi connectivity index (χ2n) is 6.33. The van der Waals surface area contributed by atoms with Crippen LogP contribution in [-0.2, 0) is 12.8 Å². The fourth-order valence-corrected chi connectivity index (χ4v) is 3.24. The summed E-state index contributed by atoms with van der Waals surface area (Å²) in [4.78, 5) is 2.45. The van der Waals surface area contributed by atoms with Gasteiger partial charge in [0.05, 0.1) is 6.10 Å². The summed E-state index contributed by atoms with van der Waals surface area (Å²) in [6.07, 6.45) is 8.04. The number of benzene rings is 1. The molecule has 0 aromatic heterocycles. The highest BCUT2D eigenvalue weighted by Gasteiger charge is 2.14. The molecule has 1 aliphatic rings. The summed E-state index contributed by atoms with van der Waals surface area (Å²) >= 11 is 0. The smallest absolute Gasteiger partial charge is 0.0802 e. The third-order valence-electron chi connectivity index (χ3n) is 4.75. The molecule has 0 saturated carbocycles. The molecule has 0 bridgehead atoms. The van der Waals surface area contributed by atoms with Gasteiger partial charge < -0.3 is 10.0 Å². The van der Waals surface area contributed by atoms with E-state index in [0.717, 1.165) is 31.6 Å². The first-order chi connectivity index (χ1) is 10.2. The van der Waals surface area contributed by atoms with E-state index < -0.39 is 0 Å². The number of hydrogen-bond acceptors (Lipinski definition) is 2. The Kier molecular flexibility index (Phi) is 6.72. The molecular formula is C19H31NO. The Labute approximate surface area is 130 Å². The van der Waals surface area contributed by atoms with Gasteiger partial charge in [0.15, 0.2) is 0 Å². The van der Waals surface area contributed by atoms with Crippen molar-refractivity contribution in [3.05, 3.63) is 34.9 Å². The molecule has 0 aliphatic heterocycles. The van der Waals surface area contributed by atoms with Crippen LogP contribution in [0, 0.1) is 0 Å². The van der Waals surface area contributed by atoms with Crippen LogP contribution in [0.1, 0.15) is 68.7 Å². The van der Waals surface area contributed by atoms with Gasteiger partial charge in [0.2, 0.25) is 0 Å². The summed E-state index contributed by atoms with van der Waals surface area (Å²) in [5, 5.41) is 10.5. The number of fused-ring (bicyclic) bond motifs is 1. The van der Waals surface area contributed by atoms with Crippen LogP contribution in [0.15, 0.2) is 18.2 Å². The number of nitrogens with zero attached hydrogens (tertiary/aromatic N) is 1. The zero-order chi connectivity index (χ0) is 15.1. The van der Waals surface area contributed by atoms with Crippen molar-refractivity contribution in [1.82, 2.24) is 4.90 Å². The minimum absolute atomic E-state index is 0.312. The van der Waals surface area contributed by atoms with E-state index in [1.807, 2.05) is 0 Å². The highest BCUT2D eigenvalue weighted by atomic mass is 16.3. The maximum Gasteiger partial charge on any atom is 0.0802 e. The van der Waals surface area contributed by atoms with E-state index in [-0.39, 0.29) is 6.10 Å². The predicted octanol–water partition coefficient (Wildman–Crippen LogP) is 4.11. The molecule has 21 heavy (non-hydrogen) atoms. The van der Waals surface area contributed by atoms with E-state index in [2.05, 4.69) is 36.9 Å². The van der Waals surface area contributed by atoms with Crippen molar-refractivity contribution in [2.45, 2.75) is 64.9 Å². The fraction of sp³-hybridized carbons (Fsp3) is 0.684. The van der Waals surface area contributed by atoms with Gasteiger partial charge >= 0.3 is 0 Å². The highest BCUT2D eigenvalue weighted by molar-refractivity contribution is 5.34. The molecule has 1 unspecified atom stereocenters. The van der Waals surface area contributed by atoms with Gasteiger partial charge in [-0.25, -0.2) is 0 Å². The van der Waals surface area contributed by atoms with Crippen molar-refractivity contribution < 1.29 is 5.11 Å². The number of rotatable bonds is 8. The van der Waals surface area contributed by atoms with Crippen molar-refractivity contribution in [2.24, 2.45) is 0 Å². The van der Waals surface area contributed by atoms with Crippen LogP contribution < -0.4 is 0 Å². The first-order valence-corrected chi connectivity index (χ1v) is 8.76. The third-order valence-corrected chi connectivity index (χ3v) is 4.75. The molecule has 0 amide bonds. The molecule has 1 aromatic rings. The van der Waals surface area contributed by atoms with Crippen LogP contribution in [0.4, 0.5) is 0 Å². The predicted molar refractivity (Wildman–Crippen MR) is 89.7 cm³/mol. The van der Waals surface area contributed by atoms with Crippen LogP contribution in [-0.4, -0.2) is 29.6 Å². The molecule has 1 aromatic carbocycles. The lowest BCUT2D eigenvalue weighted by atomic mass is 9.89. The molecule has 0 fully saturated rings. The molecule has 2 rings (SSSR count). The van der Waals surface area contributed by atoms with Gasteiger partial charge in [0.25, 0.3) is 0 Å². The standard InChI is InChI=1S/C19H31NO/c1-3-5-13-20(4-2)14-12-19(21)18-11-10-16-8-6-7-9-17(16)15-18/h10-11,15,19,21H,3-9,12-14H2,1-2H3. The van der Waals surface area contributed by atoms with Gasteiger partial charge in [-0.1, -0.05) is 38.5 Å². The Morgan fingerprint density at radius 3 is 2.57 bits per heavy atom. The van der Waals surface area contributed by atoms with E-state index in [9.17, 15) is 5.11 Å². The lowest BCUT2D eigenvalue weighted by Gasteiger charge is -2.23. The molecule has 2 heteroatoms. The number of hydrogen-bond donors (Lipinski definition) is 1. The Balaban J connectivity index is 1.89. The zero-order valence-electron chi connectivity index (χ0n) is 13.8. The van der Waals surface area contributed by atoms with Gasteiger partial charge in [-0.15, -0.1) is 0 Å². The van der Waals surface area contributed by atoms with E-state index in [1.165, 1.54) is 49.7 Å². The number of aliphatic hydroxyl groups excluding tert-OH is 1. The zero-order valence-corrected chi connectivity index (χ0v) is 13.8. The molecule has 0 heterocycles. The molecule has 0 radical (unpaired) electrons. The first-order valence-electron chi connectivity index (χ1n) is 8.76. The molecular weight excluding hydrogens is 258 g/mol. The molecule has 0 saturated heterocycles. The second kappa shape index (κ2) is 8.55. The molecule has 1 aliphatic carbocycles. The summed E-state index contributed by atoms with van der Waals surface area (Å²) in [6.45, 7) is 7.67. The van der Waals surface area contributed by atoms with Crippen molar-refractivity contribution in [2.75, 3.05) is 19.6 Å². The van der Waals surface area contributed by atoms with Gasteiger partial charge in [0, 0.05) is 6.54 Å². The topological polar surface area (TPSA) is 23.5 Å². The molecule has 0 spiro atoms. The lowest BCUT2D eigenvalue weighted by molar-refractivity contribution is 0.143. The Hall–Kier alpha value is -0.860. The summed E-state index contributed by atoms with van der Waals surface area (Å²) in [5.41, 5.74) is 4.08. The molecule has 2 nitrogen and oxygen atoms in total. The Bertz CT molecular complexity index is 430. The Morgan fingerprint density at radius 2 is 1.86 bits per heavy atom. The average molecular weight is 289 g/mol. The minimum atomic E-state index is -0.312. The first kappa shape index (κ1) is 16.5. The molecule has 118 valence electrons. The minimum Gasteiger partial charge on any atom is -0.388 e. The van der Waals surface area contributed by atoms with E-state index in [4.69, 9.17) is 0 Å². The van der Waals surface area contributed by atoms with Gasteiger partial charge in [-0.05, 0) is 68.3 Å². The van der Waals surface area contributed by atoms with E-state index >= 15 is 0 Å². The highest BCUT2D eigenvalue weighted by Crippen LogP contribution is 2.26. The maximum atomic E-state index is 10.5. The summed E-state index contributed by atoms with van der Waals surface area (Å²) in [5.74, 6) is 0. The van der Waals surface area contributed by atoms with Crippen molar-refractivity contribution in [3.8, 4) is 0 Å². The Morgan fingerprint density at radius 1 is 1.10 bits per heavy atom. The largest absolute Gasteiger partial charge is 0.388 e. The van der Waals surface area contributed by atoms with Crippen LogP contribution in [0.3, 0.4) is 0 Å². The quantitative estimate of drug-likeness (QED) is 0.778. The van der Waals surface area contributed by atoms with Gasteiger partial charge in [-0.3, -0.25) is 0 Å². The number of aryl methyl sites for hydroxylation is 2. The van der Waals surface area contributed by atoms with Crippen LogP contribution >= 0.6 is 0 Å². The summed E-state index contributed by atoms with van der Waals surface area (Å²) < 4.78 is 0. The number of aliphatic hydroxyl groups is 1. The van der Waals surface area contributed by atoms with Crippen LogP contribution in [0.25, 0.3) is 0 Å². The third kappa shape index (κ3) is 4.82. The summed E-state index contributed by atoms with van der Waals surface area (Å²) in [6, 6.07) is 6.63. The SMILES string of the molecule is CCCCN(CC)CCC(O)c1ccc2c(c1)CCCC2. The lowest BCUT2D eigenvalue weighted by Crippen LogP contribution is -2.26. The van der Waals surface area contributed by atoms with Gasteiger partial charge in [0.1, 0.15) is 0 Å². The molecule has 1 atom stereocenters. The summed E-state index contributed by atoms with van der Waals surface area (Å²) in [7, 11) is 0. The maximum absolute atomic E-state index is 10.5. The van der Waals surface area contributed by atoms with Gasteiger partial charge in [-0.2, -0.15) is 0 Å². The second-order valence-corrected chi connectivity index (χ2v) is 6.33. The van der Waals surface area contributed by atoms with Crippen molar-refractivity contribution >= 4 is 0 Å². The van der Waals surface area contributed by atoms with Crippen molar-refractivity contribution in [3.63, 3.8) is 0 Å². The number of unbranched alkanes of at least 4 members (excludes halogenated alkanes) is 1. The van der Waals surface area contributed by atoms with Crippen molar-refractivity contribution in [1.29, 1.82) is 0 Å². The fourth-order valence-electron chi connectivity index (χ4n) is 3.24. The average Bonchev–Trinajstić information content (AvgIpc) is 2.54. The van der Waals surface area contributed by atoms with E-state index in [0.29, 0.717) is 0 Å². The normalized spacial score (nSPS) is 16.0.